The lowest BCUT2D eigenvalue weighted by molar-refractivity contribution is 0.125. The lowest BCUT2D eigenvalue weighted by Gasteiger charge is -2.13. The van der Waals surface area contributed by atoms with E-state index in [2.05, 4.69) is 0 Å². The first-order valence-electron chi connectivity index (χ1n) is 6.86. The molecular formula is C16H16Cl2O4S. The van der Waals surface area contributed by atoms with Gasteiger partial charge in [0.1, 0.15) is 18.5 Å². The Bertz CT molecular complexity index is 745. The van der Waals surface area contributed by atoms with Gasteiger partial charge in [-0.15, -0.1) is 0 Å². The maximum absolute atomic E-state index is 12.1. The Morgan fingerprint density at radius 1 is 1.04 bits per heavy atom. The van der Waals surface area contributed by atoms with Gasteiger partial charge in [0.25, 0.3) is 0 Å². The molecule has 23 heavy (non-hydrogen) atoms. The second-order valence-corrected chi connectivity index (χ2v) is 8.03. The molecule has 0 heterocycles. The highest BCUT2D eigenvalue weighted by atomic mass is 35.5. The molecule has 7 heteroatoms. The van der Waals surface area contributed by atoms with Crippen molar-refractivity contribution >= 4 is 33.0 Å². The molecule has 0 aliphatic heterocycles. The topological polar surface area (TPSA) is 63.6 Å². The van der Waals surface area contributed by atoms with Crippen molar-refractivity contribution in [2.24, 2.45) is 0 Å². The fourth-order valence-electron chi connectivity index (χ4n) is 1.98. The summed E-state index contributed by atoms with van der Waals surface area (Å²) in [5, 5.41) is 10.8. The van der Waals surface area contributed by atoms with Crippen LogP contribution in [-0.2, 0) is 15.6 Å². The summed E-state index contributed by atoms with van der Waals surface area (Å²) in [5.41, 5.74) is 0.619. The minimum absolute atomic E-state index is 0.149. The molecule has 4 nitrogen and oxygen atoms in total. The van der Waals surface area contributed by atoms with Crippen molar-refractivity contribution in [1.82, 2.24) is 0 Å². The number of ether oxygens (including phenoxy) is 1. The number of halogens is 2. The standard InChI is InChI=1S/C16H16Cl2O4S/c17-13-7-5-12(6-8-13)10-23(20,21)11-14(19)9-22-16-4-2-1-3-15(16)18/h1-8,14,19H,9-11H2. The zero-order chi connectivity index (χ0) is 16.9. The van der Waals surface area contributed by atoms with Crippen LogP contribution in [0.2, 0.25) is 10.0 Å². The van der Waals surface area contributed by atoms with Crippen LogP contribution >= 0.6 is 23.2 Å². The van der Waals surface area contributed by atoms with E-state index in [1.54, 1.807) is 48.5 Å². The molecular weight excluding hydrogens is 359 g/mol. The van der Waals surface area contributed by atoms with E-state index in [1.165, 1.54) is 0 Å². The van der Waals surface area contributed by atoms with Crippen molar-refractivity contribution in [3.05, 3.63) is 64.1 Å². The van der Waals surface area contributed by atoms with Crippen LogP contribution in [0.3, 0.4) is 0 Å². The second-order valence-electron chi connectivity index (χ2n) is 5.08. The fraction of sp³-hybridized carbons (Fsp3) is 0.250. The van der Waals surface area contributed by atoms with Crippen LogP contribution in [0, 0.1) is 0 Å². The summed E-state index contributed by atoms with van der Waals surface area (Å²) in [5.74, 6) is -0.142. The Labute approximate surface area is 145 Å². The van der Waals surface area contributed by atoms with Gasteiger partial charge in [-0.3, -0.25) is 0 Å². The fourth-order valence-corrected chi connectivity index (χ4v) is 3.80. The molecule has 0 spiro atoms. The lowest BCUT2D eigenvalue weighted by atomic mass is 10.2. The van der Waals surface area contributed by atoms with Gasteiger partial charge in [0, 0.05) is 5.02 Å². The van der Waals surface area contributed by atoms with E-state index in [0.717, 1.165) is 0 Å². The first-order valence-corrected chi connectivity index (χ1v) is 9.44. The summed E-state index contributed by atoms with van der Waals surface area (Å²) in [6.07, 6.45) is -1.14. The average Bonchev–Trinajstić information content (AvgIpc) is 2.48. The third kappa shape index (κ3) is 6.03. The van der Waals surface area contributed by atoms with Gasteiger partial charge < -0.3 is 9.84 Å². The van der Waals surface area contributed by atoms with E-state index in [4.69, 9.17) is 27.9 Å². The first kappa shape index (κ1) is 18.1. The molecule has 2 aromatic carbocycles. The third-order valence-electron chi connectivity index (χ3n) is 3.01. The summed E-state index contributed by atoms with van der Waals surface area (Å²) < 4.78 is 29.5. The van der Waals surface area contributed by atoms with Crippen LogP contribution in [0.15, 0.2) is 48.5 Å². The summed E-state index contributed by atoms with van der Waals surface area (Å²) >= 11 is 11.7. The Morgan fingerprint density at radius 2 is 1.70 bits per heavy atom. The number of aliphatic hydroxyl groups is 1. The maximum atomic E-state index is 12.1. The average molecular weight is 375 g/mol. The molecule has 0 fully saturated rings. The zero-order valence-corrected chi connectivity index (χ0v) is 14.5. The highest BCUT2D eigenvalue weighted by molar-refractivity contribution is 7.90. The number of hydrogen-bond donors (Lipinski definition) is 1. The highest BCUT2D eigenvalue weighted by Gasteiger charge is 2.19. The van der Waals surface area contributed by atoms with Gasteiger partial charge in [-0.1, -0.05) is 47.5 Å². The van der Waals surface area contributed by atoms with Crippen molar-refractivity contribution < 1.29 is 18.3 Å². The van der Waals surface area contributed by atoms with Crippen molar-refractivity contribution in [3.63, 3.8) is 0 Å². The van der Waals surface area contributed by atoms with E-state index in [1.807, 2.05) is 0 Å². The van der Waals surface area contributed by atoms with Gasteiger partial charge in [0.05, 0.1) is 16.5 Å². The van der Waals surface area contributed by atoms with Crippen LogP contribution in [0.1, 0.15) is 5.56 Å². The monoisotopic (exact) mass is 374 g/mol. The molecule has 124 valence electrons. The van der Waals surface area contributed by atoms with Gasteiger partial charge in [0.15, 0.2) is 9.84 Å². The molecule has 0 aliphatic carbocycles. The Kier molecular flexibility index (Phi) is 6.30. The molecule has 1 N–H and O–H groups in total. The van der Waals surface area contributed by atoms with Crippen molar-refractivity contribution in [1.29, 1.82) is 0 Å². The molecule has 1 unspecified atom stereocenters. The normalized spacial score (nSPS) is 12.8. The molecule has 0 aromatic heterocycles. The van der Waals surface area contributed by atoms with Crippen LogP contribution in [0.5, 0.6) is 5.75 Å². The number of aliphatic hydroxyl groups excluding tert-OH is 1. The second kappa shape index (κ2) is 8.02. The van der Waals surface area contributed by atoms with Crippen molar-refractivity contribution in [2.45, 2.75) is 11.9 Å². The van der Waals surface area contributed by atoms with Crippen LogP contribution in [0.25, 0.3) is 0 Å². The molecule has 0 bridgehead atoms. The van der Waals surface area contributed by atoms with Crippen LogP contribution in [0.4, 0.5) is 0 Å². The molecule has 2 rings (SSSR count). The number of hydrogen-bond acceptors (Lipinski definition) is 4. The van der Waals surface area contributed by atoms with Gasteiger partial charge >= 0.3 is 0 Å². The molecule has 1 atom stereocenters. The van der Waals surface area contributed by atoms with Gasteiger partial charge in [0.2, 0.25) is 0 Å². The minimum atomic E-state index is -3.47. The Balaban J connectivity index is 1.89. The van der Waals surface area contributed by atoms with Gasteiger partial charge in [-0.05, 0) is 29.8 Å². The molecule has 0 amide bonds. The van der Waals surface area contributed by atoms with E-state index in [9.17, 15) is 13.5 Å². The van der Waals surface area contributed by atoms with E-state index in [-0.39, 0.29) is 18.1 Å². The maximum Gasteiger partial charge on any atom is 0.157 e. The molecule has 0 saturated carbocycles. The summed E-state index contributed by atoms with van der Waals surface area (Å²) in [4.78, 5) is 0. The number of para-hydroxylation sites is 1. The molecule has 0 saturated heterocycles. The third-order valence-corrected chi connectivity index (χ3v) is 5.24. The largest absolute Gasteiger partial charge is 0.489 e. The smallest absolute Gasteiger partial charge is 0.157 e. The molecule has 2 aromatic rings. The predicted octanol–water partition coefficient (Wildman–Crippen LogP) is 3.35. The van der Waals surface area contributed by atoms with Crippen molar-refractivity contribution in [2.75, 3.05) is 12.4 Å². The summed E-state index contributed by atoms with van der Waals surface area (Å²) in [7, 11) is -3.47. The van der Waals surface area contributed by atoms with Crippen molar-refractivity contribution in [3.8, 4) is 5.75 Å². The van der Waals surface area contributed by atoms with Gasteiger partial charge in [-0.25, -0.2) is 8.42 Å². The van der Waals surface area contributed by atoms with Crippen LogP contribution < -0.4 is 4.74 Å². The predicted molar refractivity (Wildman–Crippen MR) is 91.9 cm³/mol. The molecule has 0 radical (unpaired) electrons. The summed E-state index contributed by atoms with van der Waals surface area (Å²) in [6, 6.07) is 13.3. The first-order chi connectivity index (χ1) is 10.9. The lowest BCUT2D eigenvalue weighted by Crippen LogP contribution is -2.27. The van der Waals surface area contributed by atoms with E-state index in [0.29, 0.717) is 21.4 Å². The quantitative estimate of drug-likeness (QED) is 0.806. The summed E-state index contributed by atoms with van der Waals surface area (Å²) in [6.45, 7) is -0.149. The Hall–Kier alpha value is -1.27. The Morgan fingerprint density at radius 3 is 2.35 bits per heavy atom. The molecule has 0 aliphatic rings. The SMILES string of the molecule is O=S(=O)(Cc1ccc(Cl)cc1)CC(O)COc1ccccc1Cl. The number of benzene rings is 2. The van der Waals surface area contributed by atoms with E-state index < -0.39 is 15.9 Å². The number of sulfone groups is 1. The number of rotatable bonds is 7. The van der Waals surface area contributed by atoms with Crippen LogP contribution in [-0.4, -0.2) is 32.0 Å². The highest BCUT2D eigenvalue weighted by Crippen LogP contribution is 2.23. The minimum Gasteiger partial charge on any atom is -0.489 e. The van der Waals surface area contributed by atoms with E-state index >= 15 is 0 Å². The zero-order valence-electron chi connectivity index (χ0n) is 12.2. The van der Waals surface area contributed by atoms with Gasteiger partial charge in [-0.2, -0.15) is 0 Å².